The van der Waals surface area contributed by atoms with Gasteiger partial charge in [0.15, 0.2) is 0 Å². The highest BCUT2D eigenvalue weighted by Crippen LogP contribution is 2.52. The summed E-state index contributed by atoms with van der Waals surface area (Å²) in [5.41, 5.74) is 10.6. The SMILES string of the molecule is ON=C(C1c2ccccc2-c2ccccc21)C1c2ccccc2-c2ccccc21. The summed E-state index contributed by atoms with van der Waals surface area (Å²) in [4.78, 5) is 0. The van der Waals surface area contributed by atoms with Crippen molar-refractivity contribution in [1.29, 1.82) is 0 Å². The van der Waals surface area contributed by atoms with Gasteiger partial charge < -0.3 is 5.21 Å². The Labute approximate surface area is 169 Å². The van der Waals surface area contributed by atoms with Crippen LogP contribution in [0.25, 0.3) is 22.3 Å². The maximum atomic E-state index is 10.3. The standard InChI is InChI=1S/C27H19NO/c29-28-27(25-21-13-5-1-9-17(21)18-10-2-6-14-22(18)25)26-23-15-7-3-11-19(23)20-12-4-8-16-24(20)26/h1-16,25-26,29H. The molecule has 0 saturated carbocycles. The lowest BCUT2D eigenvalue weighted by molar-refractivity contribution is 0.315. The van der Waals surface area contributed by atoms with E-state index >= 15 is 0 Å². The van der Waals surface area contributed by atoms with Gasteiger partial charge in [-0.25, -0.2) is 0 Å². The zero-order chi connectivity index (χ0) is 19.4. The van der Waals surface area contributed by atoms with E-state index in [0.717, 1.165) is 5.71 Å². The first-order chi connectivity index (χ1) is 14.4. The summed E-state index contributed by atoms with van der Waals surface area (Å²) in [5, 5.41) is 14.3. The largest absolute Gasteiger partial charge is 0.411 e. The molecule has 4 aromatic carbocycles. The lowest BCUT2D eigenvalue weighted by atomic mass is 9.80. The molecule has 0 bridgehead atoms. The molecule has 6 rings (SSSR count). The van der Waals surface area contributed by atoms with Crippen LogP contribution in [0.15, 0.2) is 102 Å². The Morgan fingerprint density at radius 3 is 1.03 bits per heavy atom. The van der Waals surface area contributed by atoms with Crippen LogP contribution < -0.4 is 0 Å². The van der Waals surface area contributed by atoms with Crippen molar-refractivity contribution in [1.82, 2.24) is 0 Å². The second-order valence-corrected chi connectivity index (χ2v) is 7.74. The molecule has 0 aliphatic heterocycles. The Morgan fingerprint density at radius 1 is 0.483 bits per heavy atom. The normalized spacial score (nSPS) is 14.1. The number of fused-ring (bicyclic) bond motifs is 6. The van der Waals surface area contributed by atoms with Gasteiger partial charge >= 0.3 is 0 Å². The third kappa shape index (κ3) is 2.20. The summed E-state index contributed by atoms with van der Waals surface area (Å²) in [5.74, 6) is -0.117. The summed E-state index contributed by atoms with van der Waals surface area (Å²) >= 11 is 0. The predicted molar refractivity (Wildman–Crippen MR) is 117 cm³/mol. The minimum Gasteiger partial charge on any atom is -0.411 e. The number of nitrogens with zero attached hydrogens (tertiary/aromatic N) is 1. The van der Waals surface area contributed by atoms with Gasteiger partial charge in [0.2, 0.25) is 0 Å². The van der Waals surface area contributed by atoms with Crippen LogP contribution in [-0.2, 0) is 0 Å². The van der Waals surface area contributed by atoms with Crippen LogP contribution in [0.5, 0.6) is 0 Å². The maximum absolute atomic E-state index is 10.3. The first-order valence-corrected chi connectivity index (χ1v) is 9.97. The maximum Gasteiger partial charge on any atom is 0.0808 e. The number of hydrogen-bond acceptors (Lipinski definition) is 2. The molecule has 2 aliphatic carbocycles. The van der Waals surface area contributed by atoms with Crippen molar-refractivity contribution in [3.63, 3.8) is 0 Å². The van der Waals surface area contributed by atoms with Crippen LogP contribution in [0.1, 0.15) is 34.1 Å². The van der Waals surface area contributed by atoms with Gasteiger partial charge in [-0.05, 0) is 44.5 Å². The van der Waals surface area contributed by atoms with Gasteiger partial charge in [0.05, 0.1) is 17.5 Å². The lowest BCUT2D eigenvalue weighted by Crippen LogP contribution is -2.20. The summed E-state index contributed by atoms with van der Waals surface area (Å²) in [6.07, 6.45) is 0. The number of benzene rings is 4. The van der Waals surface area contributed by atoms with Crippen LogP contribution in [0.4, 0.5) is 0 Å². The third-order valence-corrected chi connectivity index (χ3v) is 6.37. The minimum atomic E-state index is -0.0587. The molecule has 29 heavy (non-hydrogen) atoms. The molecule has 2 nitrogen and oxygen atoms in total. The lowest BCUT2D eigenvalue weighted by Gasteiger charge is -2.22. The smallest absolute Gasteiger partial charge is 0.0808 e. The zero-order valence-corrected chi connectivity index (χ0v) is 15.8. The topological polar surface area (TPSA) is 32.6 Å². The average Bonchev–Trinajstić information content (AvgIpc) is 3.29. The first-order valence-electron chi connectivity index (χ1n) is 9.97. The molecule has 0 aromatic heterocycles. The molecule has 138 valence electrons. The molecule has 0 spiro atoms. The van der Waals surface area contributed by atoms with Crippen molar-refractivity contribution >= 4 is 5.71 Å². The fourth-order valence-electron chi connectivity index (χ4n) is 5.23. The van der Waals surface area contributed by atoms with Crippen LogP contribution >= 0.6 is 0 Å². The van der Waals surface area contributed by atoms with Crippen molar-refractivity contribution in [3.05, 3.63) is 119 Å². The highest BCUT2D eigenvalue weighted by molar-refractivity contribution is 6.08. The second-order valence-electron chi connectivity index (χ2n) is 7.74. The molecule has 0 amide bonds. The van der Waals surface area contributed by atoms with Gasteiger partial charge in [-0.3, -0.25) is 0 Å². The highest BCUT2D eigenvalue weighted by Gasteiger charge is 2.40. The van der Waals surface area contributed by atoms with Crippen molar-refractivity contribution in [2.24, 2.45) is 5.16 Å². The fourth-order valence-corrected chi connectivity index (χ4v) is 5.23. The van der Waals surface area contributed by atoms with E-state index in [1.165, 1.54) is 44.5 Å². The van der Waals surface area contributed by atoms with E-state index in [1.807, 2.05) is 0 Å². The van der Waals surface area contributed by atoms with Crippen LogP contribution in [0.3, 0.4) is 0 Å². The van der Waals surface area contributed by atoms with Crippen LogP contribution in [0, 0.1) is 0 Å². The highest BCUT2D eigenvalue weighted by atomic mass is 16.4. The van der Waals surface area contributed by atoms with Crippen molar-refractivity contribution < 1.29 is 5.21 Å². The van der Waals surface area contributed by atoms with E-state index < -0.39 is 0 Å². The van der Waals surface area contributed by atoms with Gasteiger partial charge in [0.1, 0.15) is 0 Å². The van der Waals surface area contributed by atoms with Gasteiger partial charge in [-0.1, -0.05) is 102 Å². The third-order valence-electron chi connectivity index (χ3n) is 6.37. The van der Waals surface area contributed by atoms with Crippen LogP contribution in [-0.4, -0.2) is 10.9 Å². The molecule has 0 atom stereocenters. The molecular formula is C27H19NO. The van der Waals surface area contributed by atoms with E-state index in [0.29, 0.717) is 0 Å². The molecular weight excluding hydrogens is 354 g/mol. The van der Waals surface area contributed by atoms with Gasteiger partial charge in [-0.15, -0.1) is 0 Å². The minimum absolute atomic E-state index is 0.0587. The van der Waals surface area contributed by atoms with E-state index in [2.05, 4.69) is 102 Å². The van der Waals surface area contributed by atoms with Crippen LogP contribution in [0.2, 0.25) is 0 Å². The molecule has 0 heterocycles. The van der Waals surface area contributed by atoms with Crippen molar-refractivity contribution in [3.8, 4) is 22.3 Å². The number of rotatable bonds is 2. The Morgan fingerprint density at radius 2 is 0.759 bits per heavy atom. The molecule has 0 fully saturated rings. The Kier molecular flexibility index (Phi) is 3.48. The molecule has 1 N–H and O–H groups in total. The Bertz CT molecular complexity index is 1100. The van der Waals surface area contributed by atoms with E-state index in [4.69, 9.17) is 0 Å². The number of hydrogen-bond donors (Lipinski definition) is 1. The summed E-state index contributed by atoms with van der Waals surface area (Å²) in [6.45, 7) is 0. The summed E-state index contributed by atoms with van der Waals surface area (Å²) in [6, 6.07) is 33.9. The summed E-state index contributed by atoms with van der Waals surface area (Å²) in [7, 11) is 0. The Balaban J connectivity index is 1.60. The van der Waals surface area contributed by atoms with Crippen molar-refractivity contribution in [2.45, 2.75) is 11.8 Å². The molecule has 0 unspecified atom stereocenters. The average molecular weight is 373 g/mol. The summed E-state index contributed by atoms with van der Waals surface area (Å²) < 4.78 is 0. The van der Waals surface area contributed by atoms with Gasteiger partial charge in [0.25, 0.3) is 0 Å². The predicted octanol–water partition coefficient (Wildman–Crippen LogP) is 6.44. The molecule has 2 aliphatic rings. The molecule has 0 saturated heterocycles. The monoisotopic (exact) mass is 373 g/mol. The fraction of sp³-hybridized carbons (Fsp3) is 0.0741. The van der Waals surface area contributed by atoms with E-state index in [1.54, 1.807) is 0 Å². The quantitative estimate of drug-likeness (QED) is 0.245. The Hall–Kier alpha value is -3.65. The van der Waals surface area contributed by atoms with E-state index in [9.17, 15) is 5.21 Å². The van der Waals surface area contributed by atoms with Gasteiger partial charge in [0, 0.05) is 0 Å². The molecule has 2 heteroatoms. The number of oxime groups is 1. The van der Waals surface area contributed by atoms with E-state index in [-0.39, 0.29) is 11.8 Å². The van der Waals surface area contributed by atoms with Crippen molar-refractivity contribution in [2.75, 3.05) is 0 Å². The first kappa shape index (κ1) is 16.3. The van der Waals surface area contributed by atoms with Gasteiger partial charge in [-0.2, -0.15) is 0 Å². The zero-order valence-electron chi connectivity index (χ0n) is 15.8. The molecule has 4 aromatic rings. The molecule has 0 radical (unpaired) electrons. The second kappa shape index (κ2) is 6.18.